The number of aromatic hydroxyl groups is 6. The minimum atomic E-state index is -0.880. The first-order chi connectivity index (χ1) is 42.3. The molecule has 23 heteroatoms. The molecule has 8 aromatic rings. The first kappa shape index (κ1) is 64.2. The molecule has 88 heavy (non-hydrogen) atoms. The number of rotatable bonds is 18. The lowest BCUT2D eigenvalue weighted by molar-refractivity contribution is -0.151. The Morgan fingerprint density at radius 2 is 0.716 bits per heavy atom. The number of alkyl halides is 1. The van der Waals surface area contributed by atoms with E-state index in [9.17, 15) is 45.0 Å². The van der Waals surface area contributed by atoms with Crippen LogP contribution in [0.15, 0.2) is 121 Å². The molecule has 2 aliphatic heterocycles. The van der Waals surface area contributed by atoms with Gasteiger partial charge in [0.05, 0.1) is 42.1 Å². The van der Waals surface area contributed by atoms with Gasteiger partial charge in [0.25, 0.3) is 0 Å². The maximum Gasteiger partial charge on any atom is 0.347 e. The van der Waals surface area contributed by atoms with Crippen LogP contribution < -0.4 is 19.3 Å². The predicted molar refractivity (Wildman–Crippen MR) is 334 cm³/mol. The van der Waals surface area contributed by atoms with Gasteiger partial charge in [-0.05, 0) is 164 Å². The standard InChI is InChI=1S/C35H38N4O8.C25H22N4O4.C5H9BrO2/c1-5-44-34(42)21(3)46-25-13-15-27(29(40)19-25)32-36-31(23-9-11-24(12-10-23)39-17-7-8-18-39)37-33(38-32)28-16-14-26(20-30(28)41)47-22(4)35(43)45-6-2;30-17-7-9-19(21(32)13-17)24-26-23(15-3-5-16(6-4-15)29-11-1-2-12-29)27-25(28-24)20-10-8-18(31)14-22(20)33;1-3-8-5(7)4(2)6/h9-16,19-22,40-41H,5-8,17-18H2,1-4H3;3-10,13-14,30-33H,1-2,11-12H2;4H,3H2,1-2H3. The van der Waals surface area contributed by atoms with E-state index in [1.165, 1.54) is 61.4 Å². The van der Waals surface area contributed by atoms with E-state index in [0.717, 1.165) is 56.0 Å². The average Bonchev–Trinajstić information content (AvgIpc) is 1.36. The van der Waals surface area contributed by atoms with Gasteiger partial charge >= 0.3 is 17.9 Å². The minimum Gasteiger partial charge on any atom is -0.508 e. The Morgan fingerprint density at radius 1 is 0.420 bits per heavy atom. The van der Waals surface area contributed by atoms with Crippen LogP contribution in [-0.4, -0.2) is 141 Å². The van der Waals surface area contributed by atoms with Crippen molar-refractivity contribution in [2.45, 2.75) is 84.3 Å². The molecule has 3 unspecified atom stereocenters. The Balaban J connectivity index is 0.000000212. The largest absolute Gasteiger partial charge is 0.508 e. The van der Waals surface area contributed by atoms with Crippen LogP contribution in [0.2, 0.25) is 0 Å². The maximum atomic E-state index is 12.0. The fourth-order valence-electron chi connectivity index (χ4n) is 9.33. The molecule has 2 aromatic heterocycles. The second-order valence-electron chi connectivity index (χ2n) is 20.2. The van der Waals surface area contributed by atoms with Crippen LogP contribution in [0, 0.1) is 0 Å². The molecule has 2 saturated heterocycles. The molecular formula is C65H69BrN8O14. The molecule has 0 saturated carbocycles. The number of hydrogen-bond donors (Lipinski definition) is 6. The van der Waals surface area contributed by atoms with Crippen LogP contribution in [0.1, 0.15) is 67.2 Å². The van der Waals surface area contributed by atoms with Crippen LogP contribution in [0.25, 0.3) is 68.3 Å². The third-order valence-corrected chi connectivity index (χ3v) is 14.2. The molecule has 10 rings (SSSR count). The summed E-state index contributed by atoms with van der Waals surface area (Å²) in [5.41, 5.74) is 4.89. The first-order valence-electron chi connectivity index (χ1n) is 28.7. The van der Waals surface area contributed by atoms with Crippen LogP contribution >= 0.6 is 15.9 Å². The molecule has 2 aliphatic rings. The monoisotopic (exact) mass is 1260 g/mol. The summed E-state index contributed by atoms with van der Waals surface area (Å²) in [6.45, 7) is 15.0. The van der Waals surface area contributed by atoms with Crippen LogP contribution in [0.3, 0.4) is 0 Å². The maximum absolute atomic E-state index is 12.0. The number of phenolic OH excluding ortho intramolecular Hbond substituents is 6. The zero-order valence-electron chi connectivity index (χ0n) is 49.5. The molecule has 460 valence electrons. The highest BCUT2D eigenvalue weighted by atomic mass is 79.9. The Bertz CT molecular complexity index is 3550. The van der Waals surface area contributed by atoms with Gasteiger partial charge in [0, 0.05) is 72.9 Å². The lowest BCUT2D eigenvalue weighted by atomic mass is 10.1. The molecular weight excluding hydrogens is 1200 g/mol. The smallest absolute Gasteiger partial charge is 0.347 e. The summed E-state index contributed by atoms with van der Waals surface area (Å²) >= 11 is 3.07. The second-order valence-corrected chi connectivity index (χ2v) is 21.6. The number of halogens is 1. The van der Waals surface area contributed by atoms with Crippen molar-refractivity contribution in [1.82, 2.24) is 29.9 Å². The van der Waals surface area contributed by atoms with Crippen LogP contribution in [0.4, 0.5) is 11.4 Å². The van der Waals surface area contributed by atoms with E-state index in [1.807, 2.05) is 48.5 Å². The normalized spacial score (nSPS) is 13.6. The van der Waals surface area contributed by atoms with Gasteiger partial charge in [0.1, 0.15) is 50.8 Å². The molecule has 0 amide bonds. The van der Waals surface area contributed by atoms with Crippen LogP contribution in [0.5, 0.6) is 46.0 Å². The number of ether oxygens (including phenoxy) is 5. The third-order valence-electron chi connectivity index (χ3n) is 13.8. The first-order valence-corrected chi connectivity index (χ1v) is 29.7. The molecule has 6 N–H and O–H groups in total. The van der Waals surface area contributed by atoms with Gasteiger partial charge in [-0.2, -0.15) is 0 Å². The molecule has 0 aliphatic carbocycles. The number of phenols is 6. The molecule has 4 heterocycles. The zero-order valence-corrected chi connectivity index (χ0v) is 51.0. The summed E-state index contributed by atoms with van der Waals surface area (Å²) in [7, 11) is 0. The van der Waals surface area contributed by atoms with Gasteiger partial charge in [-0.1, -0.05) is 15.9 Å². The molecule has 6 aromatic carbocycles. The number of nitrogens with zero attached hydrogens (tertiary/aromatic N) is 8. The SMILES string of the molecule is CCOC(=O)C(C)Br.CCOC(=O)C(C)Oc1ccc(-c2nc(-c3ccc(N4CCCC4)cc3)nc(-c3ccc(OC(C)C(=O)OCC)cc3O)n2)c(O)c1.Oc1ccc(-c2nc(-c3ccc(N4CCCC4)cc3)nc(-c3ccc(O)cc3O)n2)c(O)c1. The highest BCUT2D eigenvalue weighted by Crippen LogP contribution is 2.39. The van der Waals surface area contributed by atoms with E-state index in [2.05, 4.69) is 60.4 Å². The molecule has 0 bridgehead atoms. The van der Waals surface area contributed by atoms with Crippen molar-refractivity contribution in [3.05, 3.63) is 121 Å². The Hall–Kier alpha value is -9.77. The number of benzene rings is 6. The number of hydrogen-bond acceptors (Lipinski definition) is 22. The summed E-state index contributed by atoms with van der Waals surface area (Å²) in [6, 6.07) is 33.2. The highest BCUT2D eigenvalue weighted by molar-refractivity contribution is 9.10. The predicted octanol–water partition coefficient (Wildman–Crippen LogP) is 11.2. The van der Waals surface area contributed by atoms with Crippen LogP contribution in [-0.2, 0) is 28.6 Å². The third kappa shape index (κ3) is 16.6. The fraction of sp³-hybridized carbons (Fsp3) is 0.308. The summed E-state index contributed by atoms with van der Waals surface area (Å²) < 4.78 is 25.9. The Labute approximate surface area is 517 Å². The number of carbonyl (C=O) groups excluding carboxylic acids is 3. The van der Waals surface area contributed by atoms with Crippen molar-refractivity contribution in [1.29, 1.82) is 0 Å². The second kappa shape index (κ2) is 30.0. The lowest BCUT2D eigenvalue weighted by Gasteiger charge is -2.18. The van der Waals surface area contributed by atoms with Gasteiger partial charge in [0.15, 0.2) is 47.2 Å². The van der Waals surface area contributed by atoms with E-state index >= 15 is 0 Å². The molecule has 2 fully saturated rings. The molecule has 0 spiro atoms. The van der Waals surface area contributed by atoms with E-state index in [0.29, 0.717) is 34.9 Å². The van der Waals surface area contributed by atoms with Gasteiger partial charge in [-0.25, -0.2) is 39.5 Å². The topological polar surface area (TPSA) is 303 Å². The van der Waals surface area contributed by atoms with Crippen molar-refractivity contribution < 1.29 is 68.7 Å². The lowest BCUT2D eigenvalue weighted by Crippen LogP contribution is -2.26. The number of carbonyl (C=O) groups is 3. The summed E-state index contributed by atoms with van der Waals surface area (Å²) in [5, 5.41) is 62.1. The van der Waals surface area contributed by atoms with E-state index < -0.39 is 24.1 Å². The summed E-state index contributed by atoms with van der Waals surface area (Å²) in [4.78, 5) is 66.5. The quantitative estimate of drug-likeness (QED) is 0.0264. The summed E-state index contributed by atoms with van der Waals surface area (Å²) in [5.74, 6) is -0.304. The number of esters is 3. The van der Waals surface area contributed by atoms with Crippen molar-refractivity contribution in [2.75, 3.05) is 55.8 Å². The van der Waals surface area contributed by atoms with Crippen molar-refractivity contribution in [3.63, 3.8) is 0 Å². The van der Waals surface area contributed by atoms with Crippen molar-refractivity contribution in [2.24, 2.45) is 0 Å². The summed E-state index contributed by atoms with van der Waals surface area (Å²) in [6.07, 6.45) is 2.93. The van der Waals surface area contributed by atoms with E-state index in [4.69, 9.17) is 18.9 Å². The Morgan fingerprint density at radius 3 is 1.00 bits per heavy atom. The highest BCUT2D eigenvalue weighted by Gasteiger charge is 2.24. The van der Waals surface area contributed by atoms with Gasteiger partial charge in [0.2, 0.25) is 0 Å². The zero-order chi connectivity index (χ0) is 63.0. The van der Waals surface area contributed by atoms with Gasteiger partial charge < -0.3 is 64.1 Å². The molecule has 3 atom stereocenters. The minimum absolute atomic E-state index is 0.0839. The Kier molecular flexibility index (Phi) is 21.9. The van der Waals surface area contributed by atoms with Gasteiger partial charge in [-0.3, -0.25) is 4.79 Å². The van der Waals surface area contributed by atoms with E-state index in [1.54, 1.807) is 65.8 Å². The van der Waals surface area contributed by atoms with Gasteiger partial charge in [-0.15, -0.1) is 0 Å². The fourth-order valence-corrected chi connectivity index (χ4v) is 9.46. The van der Waals surface area contributed by atoms with Crippen molar-refractivity contribution in [3.8, 4) is 114 Å². The molecule has 0 radical (unpaired) electrons. The number of aromatic nitrogens is 6. The van der Waals surface area contributed by atoms with Crippen molar-refractivity contribution >= 4 is 45.2 Å². The number of anilines is 2. The average molecular weight is 1270 g/mol. The van der Waals surface area contributed by atoms with E-state index in [-0.39, 0.29) is 104 Å². The molecule has 22 nitrogen and oxygen atoms in total.